The van der Waals surface area contributed by atoms with E-state index < -0.39 is 7.92 Å². The van der Waals surface area contributed by atoms with Crippen molar-refractivity contribution in [2.75, 3.05) is 0 Å². The molecule has 2 aliphatic heterocycles. The van der Waals surface area contributed by atoms with Crippen LogP contribution in [0, 0.1) is 0 Å². The van der Waals surface area contributed by atoms with Gasteiger partial charge >= 0.3 is 0 Å². The van der Waals surface area contributed by atoms with Crippen LogP contribution in [0.25, 0.3) is 0 Å². The van der Waals surface area contributed by atoms with Crippen molar-refractivity contribution in [2.45, 2.75) is 30.6 Å². The van der Waals surface area contributed by atoms with Gasteiger partial charge in [-0.1, -0.05) is 29.3 Å². The van der Waals surface area contributed by atoms with Crippen LogP contribution in [0.3, 0.4) is 0 Å². The summed E-state index contributed by atoms with van der Waals surface area (Å²) < 4.78 is 0. The van der Waals surface area contributed by atoms with Gasteiger partial charge in [-0.2, -0.15) is 0 Å². The highest BCUT2D eigenvalue weighted by molar-refractivity contribution is 7.78. The molecular weight excluding hydrogens is 262 g/mol. The molecule has 3 aliphatic rings. The van der Waals surface area contributed by atoms with E-state index in [4.69, 9.17) is 23.2 Å². The van der Waals surface area contributed by atoms with Crippen molar-refractivity contribution in [3.05, 3.63) is 33.8 Å². The van der Waals surface area contributed by atoms with Crippen LogP contribution in [-0.2, 0) is 0 Å². The summed E-state index contributed by atoms with van der Waals surface area (Å²) in [5.41, 5.74) is 2.09. The van der Waals surface area contributed by atoms with Gasteiger partial charge in [0.2, 0.25) is 0 Å². The quantitative estimate of drug-likeness (QED) is 0.722. The summed E-state index contributed by atoms with van der Waals surface area (Å²) in [6, 6.07) is 5.28. The van der Waals surface area contributed by atoms with Crippen LogP contribution >= 0.6 is 31.1 Å². The number of carbonyl (C=O) groups excluding carboxylic acids is 1. The Morgan fingerprint density at radius 3 is 2.25 bits per heavy atom. The molecule has 16 heavy (non-hydrogen) atoms. The topological polar surface area (TPSA) is 17.1 Å². The van der Waals surface area contributed by atoms with Gasteiger partial charge in [0.15, 0.2) is 5.52 Å². The lowest BCUT2D eigenvalue weighted by Crippen LogP contribution is -2.24. The molecule has 1 saturated carbocycles. The van der Waals surface area contributed by atoms with Crippen LogP contribution in [0.2, 0.25) is 10.0 Å². The Bertz CT molecular complexity index is 426. The zero-order valence-electron chi connectivity index (χ0n) is 8.62. The maximum Gasteiger partial charge on any atom is 0.187 e. The lowest BCUT2D eigenvalue weighted by atomic mass is 10.2. The Labute approximate surface area is 106 Å². The van der Waals surface area contributed by atoms with Crippen molar-refractivity contribution in [1.82, 2.24) is 0 Å². The number of benzene rings is 1. The van der Waals surface area contributed by atoms with Gasteiger partial charge in [0, 0.05) is 0 Å². The average molecular weight is 273 g/mol. The summed E-state index contributed by atoms with van der Waals surface area (Å²) >= 11 is 12.1. The standard InChI is InChI=1S/C12H11Cl2OP/c13-9-2-1-3-10(14)11(9)12(15)16-7-4-5-8(16)6-7/h1-3,7-8H,4-6H2. The van der Waals surface area contributed by atoms with Crippen LogP contribution in [0.1, 0.15) is 29.6 Å². The Balaban J connectivity index is 1.95. The van der Waals surface area contributed by atoms with Crippen LogP contribution in [-0.4, -0.2) is 16.8 Å². The summed E-state index contributed by atoms with van der Waals surface area (Å²) in [6.07, 6.45) is 3.70. The van der Waals surface area contributed by atoms with Crippen molar-refractivity contribution in [3.8, 4) is 0 Å². The van der Waals surface area contributed by atoms with E-state index in [1.165, 1.54) is 19.3 Å². The molecule has 1 nitrogen and oxygen atoms in total. The van der Waals surface area contributed by atoms with Gasteiger partial charge in [0.1, 0.15) is 0 Å². The number of hydrogen-bond donors (Lipinski definition) is 0. The summed E-state index contributed by atoms with van der Waals surface area (Å²) in [6.45, 7) is 0. The van der Waals surface area contributed by atoms with Crippen LogP contribution in [0.4, 0.5) is 0 Å². The molecule has 2 atom stereocenters. The van der Waals surface area contributed by atoms with Crippen molar-refractivity contribution >= 4 is 36.6 Å². The molecule has 0 spiro atoms. The minimum atomic E-state index is -0.487. The number of halogens is 2. The van der Waals surface area contributed by atoms with E-state index in [0.29, 0.717) is 26.9 Å². The fourth-order valence-corrected chi connectivity index (χ4v) is 6.65. The predicted molar refractivity (Wildman–Crippen MR) is 69.1 cm³/mol. The first-order valence-electron chi connectivity index (χ1n) is 5.45. The van der Waals surface area contributed by atoms with E-state index in [1.807, 2.05) is 0 Å². The van der Waals surface area contributed by atoms with Gasteiger partial charge in [-0.05, 0) is 50.6 Å². The fourth-order valence-electron chi connectivity index (χ4n) is 2.76. The molecule has 0 radical (unpaired) electrons. The molecule has 2 unspecified atom stereocenters. The molecule has 1 aromatic rings. The molecule has 0 amide bonds. The molecule has 0 N–H and O–H groups in total. The molecule has 0 aromatic heterocycles. The summed E-state index contributed by atoms with van der Waals surface area (Å²) in [7, 11) is -0.487. The van der Waals surface area contributed by atoms with Gasteiger partial charge in [0.05, 0.1) is 15.6 Å². The van der Waals surface area contributed by atoms with Gasteiger partial charge in [-0.25, -0.2) is 0 Å². The Kier molecular flexibility index (Phi) is 2.74. The molecule has 2 bridgehead atoms. The predicted octanol–water partition coefficient (Wildman–Crippen LogP) is 4.55. The van der Waals surface area contributed by atoms with Gasteiger partial charge in [0.25, 0.3) is 0 Å². The molecule has 4 rings (SSSR count). The number of rotatable bonds is 2. The van der Waals surface area contributed by atoms with Crippen LogP contribution in [0.5, 0.6) is 0 Å². The Morgan fingerprint density at radius 1 is 1.19 bits per heavy atom. The first-order valence-corrected chi connectivity index (χ1v) is 7.69. The second-order valence-electron chi connectivity index (χ2n) is 4.43. The maximum absolute atomic E-state index is 12.4. The maximum atomic E-state index is 12.4. The molecule has 2 saturated heterocycles. The molecule has 4 heteroatoms. The summed E-state index contributed by atoms with van der Waals surface area (Å²) in [5, 5.41) is 1.01. The molecule has 3 fully saturated rings. The lowest BCUT2D eigenvalue weighted by Gasteiger charge is -2.35. The zero-order chi connectivity index (χ0) is 11.3. The van der Waals surface area contributed by atoms with Crippen molar-refractivity contribution in [2.24, 2.45) is 0 Å². The first kappa shape index (κ1) is 11.0. The average Bonchev–Trinajstić information content (AvgIpc) is 2.78. The monoisotopic (exact) mass is 272 g/mol. The summed E-state index contributed by atoms with van der Waals surface area (Å²) in [4.78, 5) is 12.4. The normalized spacial score (nSPS) is 31.2. The third-order valence-corrected chi connectivity index (χ3v) is 7.41. The SMILES string of the molecule is O=C(c1c(Cl)cccc1Cl)P1C2CCC1C2. The van der Waals surface area contributed by atoms with Gasteiger partial charge in [-0.3, -0.25) is 4.79 Å². The van der Waals surface area contributed by atoms with Crippen molar-refractivity contribution < 1.29 is 4.79 Å². The van der Waals surface area contributed by atoms with Crippen LogP contribution in [0.15, 0.2) is 18.2 Å². The second kappa shape index (κ2) is 3.98. The van der Waals surface area contributed by atoms with Crippen molar-refractivity contribution in [3.63, 3.8) is 0 Å². The van der Waals surface area contributed by atoms with Gasteiger partial charge in [-0.15, -0.1) is 0 Å². The fraction of sp³-hybridized carbons (Fsp3) is 0.417. The Hall–Kier alpha value is -0.100. The smallest absolute Gasteiger partial charge is 0.187 e. The minimum Gasteiger partial charge on any atom is -0.289 e. The van der Waals surface area contributed by atoms with E-state index in [1.54, 1.807) is 18.2 Å². The highest BCUT2D eigenvalue weighted by Gasteiger charge is 2.50. The highest BCUT2D eigenvalue weighted by atomic mass is 35.5. The van der Waals surface area contributed by atoms with Crippen LogP contribution < -0.4 is 0 Å². The molecule has 1 aromatic carbocycles. The molecule has 1 aliphatic carbocycles. The van der Waals surface area contributed by atoms with E-state index >= 15 is 0 Å². The third kappa shape index (κ3) is 1.53. The largest absolute Gasteiger partial charge is 0.289 e. The van der Waals surface area contributed by atoms with E-state index in [-0.39, 0.29) is 5.52 Å². The zero-order valence-corrected chi connectivity index (χ0v) is 11.0. The second-order valence-corrected chi connectivity index (χ2v) is 7.93. The number of hydrogen-bond acceptors (Lipinski definition) is 1. The van der Waals surface area contributed by atoms with Gasteiger partial charge < -0.3 is 0 Å². The number of fused-ring (bicyclic) bond motifs is 1. The molecular formula is C12H11Cl2OP. The Morgan fingerprint density at radius 2 is 1.75 bits per heavy atom. The minimum absolute atomic E-state index is 0.226. The molecule has 84 valence electrons. The van der Waals surface area contributed by atoms with Crippen molar-refractivity contribution in [1.29, 1.82) is 0 Å². The van der Waals surface area contributed by atoms with E-state index in [9.17, 15) is 4.79 Å². The third-order valence-electron chi connectivity index (χ3n) is 3.58. The van der Waals surface area contributed by atoms with E-state index in [2.05, 4.69) is 0 Å². The molecule has 2 heterocycles. The first-order chi connectivity index (χ1) is 7.68. The lowest BCUT2D eigenvalue weighted by molar-refractivity contribution is 0.107. The van der Waals surface area contributed by atoms with E-state index in [0.717, 1.165) is 0 Å². The highest BCUT2D eigenvalue weighted by Crippen LogP contribution is 2.69. The summed E-state index contributed by atoms with van der Waals surface area (Å²) in [5.74, 6) is 0. The number of carbonyl (C=O) groups is 1.